The first-order valence-corrected chi connectivity index (χ1v) is 11.6. The van der Waals surface area contributed by atoms with Gasteiger partial charge in [-0.05, 0) is 31.4 Å². The molecule has 0 bridgehead atoms. The number of imidazole rings is 1. The normalized spacial score (nSPS) is 23.7. The Bertz CT molecular complexity index is 1320. The molecule has 36 heavy (non-hydrogen) atoms. The van der Waals surface area contributed by atoms with E-state index in [9.17, 15) is 24.6 Å². The van der Waals surface area contributed by atoms with E-state index in [1.807, 2.05) is 0 Å². The minimum Gasteiger partial charge on any atom is -0.394 e. The molecule has 0 spiro atoms. The van der Waals surface area contributed by atoms with Crippen molar-refractivity contribution in [3.63, 3.8) is 0 Å². The maximum atomic E-state index is 12.5. The molecule has 2 aliphatic heterocycles. The number of benzene rings is 1. The molecular formula is C23H26N6O7. The largest absolute Gasteiger partial charge is 0.394 e. The molecular weight excluding hydrogens is 472 g/mol. The van der Waals surface area contributed by atoms with Crippen molar-refractivity contribution in [3.8, 4) is 0 Å². The molecule has 0 aliphatic carbocycles. The number of aliphatic hydroxyl groups is 2. The second-order valence-corrected chi connectivity index (χ2v) is 8.72. The van der Waals surface area contributed by atoms with E-state index in [4.69, 9.17) is 15.2 Å². The first-order valence-electron chi connectivity index (χ1n) is 11.6. The fourth-order valence-corrected chi connectivity index (χ4v) is 4.61. The lowest BCUT2D eigenvalue weighted by Gasteiger charge is -2.22. The number of H-pyrrole nitrogens is 1. The number of unbranched alkanes of at least 4 members (excludes halogenated alkanes) is 2. The average Bonchev–Trinajstić information content (AvgIpc) is 3.50. The summed E-state index contributed by atoms with van der Waals surface area (Å²) in [6.07, 6.45) is -0.570. The van der Waals surface area contributed by atoms with Gasteiger partial charge in [-0.3, -0.25) is 28.8 Å². The maximum Gasteiger partial charge on any atom is 0.280 e. The number of hydrogen-bond acceptors (Lipinski definition) is 10. The Balaban J connectivity index is 1.18. The number of nitrogens with zero attached hydrogens (tertiary/aromatic N) is 4. The molecule has 2 aliphatic rings. The lowest BCUT2D eigenvalue weighted by atomic mass is 10.1. The summed E-state index contributed by atoms with van der Waals surface area (Å²) in [6, 6.07) is 6.77. The van der Waals surface area contributed by atoms with Crippen molar-refractivity contribution in [1.29, 1.82) is 0 Å². The van der Waals surface area contributed by atoms with E-state index < -0.39 is 36.7 Å². The summed E-state index contributed by atoms with van der Waals surface area (Å²) in [5.74, 6) is -0.657. The highest BCUT2D eigenvalue weighted by Gasteiger charge is 2.46. The van der Waals surface area contributed by atoms with E-state index in [0.29, 0.717) is 36.9 Å². The number of nitrogen functional groups attached to an aromatic ring is 1. The van der Waals surface area contributed by atoms with Crippen LogP contribution >= 0.6 is 0 Å². The van der Waals surface area contributed by atoms with Crippen LogP contribution in [0.5, 0.6) is 0 Å². The third-order valence-corrected chi connectivity index (χ3v) is 6.43. The molecule has 1 fully saturated rings. The third-order valence-electron chi connectivity index (χ3n) is 6.43. The SMILES string of the molecule is Nc1nc2c(ncn2[C@@H]2O[C@H](CO)[C@@H](O)[C@H]2OCCCCCN2C(=O)c3ccccc3C2=O)c(=O)[nH]1. The number of nitrogens with one attached hydrogen (secondary N) is 1. The maximum absolute atomic E-state index is 12.5. The van der Waals surface area contributed by atoms with Gasteiger partial charge < -0.3 is 25.4 Å². The Morgan fingerprint density at radius 2 is 1.83 bits per heavy atom. The summed E-state index contributed by atoms with van der Waals surface area (Å²) in [6.45, 7) is 0.130. The van der Waals surface area contributed by atoms with Crippen LogP contribution in [0.2, 0.25) is 0 Å². The molecule has 190 valence electrons. The number of imide groups is 1. The molecule has 1 aromatic carbocycles. The number of ether oxygens (including phenoxy) is 2. The molecule has 13 nitrogen and oxygen atoms in total. The highest BCUT2D eigenvalue weighted by Crippen LogP contribution is 2.33. The van der Waals surface area contributed by atoms with Crippen LogP contribution in [0.25, 0.3) is 11.2 Å². The minimum atomic E-state index is -1.13. The first-order chi connectivity index (χ1) is 17.4. The minimum absolute atomic E-state index is 0.0571. The van der Waals surface area contributed by atoms with E-state index in [1.54, 1.807) is 24.3 Å². The van der Waals surface area contributed by atoms with Crippen molar-refractivity contribution in [2.45, 2.75) is 43.8 Å². The Hall–Kier alpha value is -3.65. The van der Waals surface area contributed by atoms with Crippen LogP contribution in [0.15, 0.2) is 35.4 Å². The predicted molar refractivity (Wildman–Crippen MR) is 125 cm³/mol. The number of carbonyl (C=O) groups excluding carboxylic acids is 2. The van der Waals surface area contributed by atoms with Gasteiger partial charge >= 0.3 is 0 Å². The van der Waals surface area contributed by atoms with Crippen molar-refractivity contribution in [1.82, 2.24) is 24.4 Å². The molecule has 2 aromatic heterocycles. The summed E-state index contributed by atoms with van der Waals surface area (Å²) in [7, 11) is 0. The number of hydrogen-bond donors (Lipinski definition) is 4. The molecule has 0 radical (unpaired) electrons. The number of anilines is 1. The summed E-state index contributed by atoms with van der Waals surface area (Å²) < 4.78 is 13.2. The van der Waals surface area contributed by atoms with Crippen molar-refractivity contribution < 1.29 is 29.3 Å². The summed E-state index contributed by atoms with van der Waals surface area (Å²) >= 11 is 0. The van der Waals surface area contributed by atoms with Crippen molar-refractivity contribution in [2.75, 3.05) is 25.5 Å². The van der Waals surface area contributed by atoms with Crippen LogP contribution in [-0.4, -0.2) is 84.5 Å². The summed E-state index contributed by atoms with van der Waals surface area (Å²) in [5.41, 5.74) is 6.23. The van der Waals surface area contributed by atoms with Crippen LogP contribution in [0, 0.1) is 0 Å². The number of carbonyl (C=O) groups is 2. The van der Waals surface area contributed by atoms with Gasteiger partial charge in [0.25, 0.3) is 17.4 Å². The molecule has 0 unspecified atom stereocenters. The van der Waals surface area contributed by atoms with Crippen molar-refractivity contribution in [3.05, 3.63) is 52.1 Å². The number of nitrogens with two attached hydrogens (primary N) is 1. The van der Waals surface area contributed by atoms with E-state index >= 15 is 0 Å². The topological polar surface area (TPSA) is 186 Å². The molecule has 3 aromatic rings. The zero-order chi connectivity index (χ0) is 25.4. The Morgan fingerprint density at radius 1 is 1.11 bits per heavy atom. The number of fused-ring (bicyclic) bond motifs is 2. The molecule has 1 saturated heterocycles. The highest BCUT2D eigenvalue weighted by molar-refractivity contribution is 6.21. The van der Waals surface area contributed by atoms with Crippen LogP contribution < -0.4 is 11.3 Å². The zero-order valence-electron chi connectivity index (χ0n) is 19.2. The van der Waals surface area contributed by atoms with Gasteiger partial charge in [0.2, 0.25) is 5.95 Å². The number of aromatic nitrogens is 4. The van der Waals surface area contributed by atoms with Crippen molar-refractivity contribution in [2.24, 2.45) is 0 Å². The molecule has 4 atom stereocenters. The van der Waals surface area contributed by atoms with Gasteiger partial charge in [0.1, 0.15) is 18.3 Å². The number of aromatic amines is 1. The fourth-order valence-electron chi connectivity index (χ4n) is 4.61. The van der Waals surface area contributed by atoms with Gasteiger partial charge in [0.15, 0.2) is 17.4 Å². The van der Waals surface area contributed by atoms with Crippen LogP contribution in [0.3, 0.4) is 0 Å². The van der Waals surface area contributed by atoms with E-state index in [0.717, 1.165) is 0 Å². The quantitative estimate of drug-likeness (QED) is 0.227. The van der Waals surface area contributed by atoms with E-state index in [1.165, 1.54) is 15.8 Å². The molecule has 13 heteroatoms. The van der Waals surface area contributed by atoms with Crippen LogP contribution in [0.1, 0.15) is 46.2 Å². The number of amides is 2. The Kier molecular flexibility index (Phi) is 6.53. The zero-order valence-corrected chi connectivity index (χ0v) is 19.2. The van der Waals surface area contributed by atoms with Gasteiger partial charge in [-0.2, -0.15) is 4.98 Å². The molecule has 4 heterocycles. The lowest BCUT2D eigenvalue weighted by Crippen LogP contribution is -2.35. The van der Waals surface area contributed by atoms with Gasteiger partial charge in [0, 0.05) is 13.2 Å². The molecule has 5 rings (SSSR count). The molecule has 0 saturated carbocycles. The molecule has 5 N–H and O–H groups in total. The fraction of sp³-hybridized carbons (Fsp3) is 0.435. The first kappa shape index (κ1) is 24.1. The van der Waals surface area contributed by atoms with E-state index in [-0.39, 0.29) is 35.5 Å². The van der Waals surface area contributed by atoms with Gasteiger partial charge in [-0.25, -0.2) is 4.98 Å². The van der Waals surface area contributed by atoms with Crippen molar-refractivity contribution >= 4 is 28.9 Å². The second-order valence-electron chi connectivity index (χ2n) is 8.72. The summed E-state index contributed by atoms with van der Waals surface area (Å²) in [5, 5.41) is 20.3. The molecule has 2 amide bonds. The Labute approximate surface area is 204 Å². The third kappa shape index (κ3) is 4.15. The summed E-state index contributed by atoms with van der Waals surface area (Å²) in [4.78, 5) is 48.8. The number of rotatable bonds is 9. The van der Waals surface area contributed by atoms with Crippen LogP contribution in [0.4, 0.5) is 5.95 Å². The highest BCUT2D eigenvalue weighted by atomic mass is 16.6. The second kappa shape index (κ2) is 9.78. The average molecular weight is 498 g/mol. The lowest BCUT2D eigenvalue weighted by molar-refractivity contribution is -0.0711. The Morgan fingerprint density at radius 3 is 2.53 bits per heavy atom. The monoisotopic (exact) mass is 498 g/mol. The van der Waals surface area contributed by atoms with E-state index in [2.05, 4.69) is 15.0 Å². The van der Waals surface area contributed by atoms with Crippen LogP contribution in [-0.2, 0) is 9.47 Å². The van der Waals surface area contributed by atoms with Gasteiger partial charge in [-0.1, -0.05) is 12.1 Å². The van der Waals surface area contributed by atoms with Gasteiger partial charge in [0.05, 0.1) is 24.1 Å². The smallest absolute Gasteiger partial charge is 0.280 e. The van der Waals surface area contributed by atoms with Gasteiger partial charge in [-0.15, -0.1) is 0 Å². The standard InChI is InChI=1S/C23H26N6O7/c24-23-26-18-15(19(32)27-23)25-11-29(18)22-17(16(31)14(10-30)36-22)35-9-5-1-4-8-28-20(33)12-6-2-3-7-13(12)21(28)34/h2-3,6-7,11,14,16-17,22,30-31H,1,4-5,8-10H2,(H3,24,26,27,32)/t14-,16-,17-,22-/m1/s1. The predicted octanol–water partition coefficient (Wildman–Crippen LogP) is -0.196. The number of aliphatic hydroxyl groups excluding tert-OH is 2.